The van der Waals surface area contributed by atoms with Crippen molar-refractivity contribution >= 4 is 11.2 Å². The van der Waals surface area contributed by atoms with Crippen molar-refractivity contribution in [3.05, 3.63) is 27.2 Å². The number of nitrogens with one attached hydrogen (secondary N) is 2. The first kappa shape index (κ1) is 16.3. The molecule has 1 atom stereocenters. The van der Waals surface area contributed by atoms with E-state index in [2.05, 4.69) is 15.0 Å². The summed E-state index contributed by atoms with van der Waals surface area (Å²) in [7, 11) is 0. The Kier molecular flexibility index (Phi) is 4.14. The van der Waals surface area contributed by atoms with Crippen molar-refractivity contribution in [1.29, 1.82) is 0 Å². The number of H-pyrrole nitrogens is 2. The van der Waals surface area contributed by atoms with Crippen LogP contribution in [0.3, 0.4) is 0 Å². The molecule has 0 radical (unpaired) electrons. The SMILES string of the molecule is CC(O)(CCCCn1c(=O)[nH]c2nc[nH]c2c1=O)C(F)(F)F. The predicted molar refractivity (Wildman–Crippen MR) is 71.5 cm³/mol. The molecule has 0 aliphatic rings. The van der Waals surface area contributed by atoms with Crippen LogP contribution >= 0.6 is 0 Å². The molecule has 0 aliphatic carbocycles. The maximum atomic E-state index is 12.5. The van der Waals surface area contributed by atoms with Crippen molar-refractivity contribution in [2.45, 2.75) is 44.5 Å². The molecule has 0 aromatic carbocycles. The standard InChI is InChI=1S/C12H15F3N4O3/c1-11(22,12(13,14)15)4-2-3-5-19-9(20)7-8(17-6-16-7)18-10(19)21/h6,22H,2-5H2,1H3,(H,16,17)(H,18,21). The van der Waals surface area contributed by atoms with Gasteiger partial charge in [0.25, 0.3) is 5.56 Å². The second kappa shape index (κ2) is 5.59. The average Bonchev–Trinajstić information content (AvgIpc) is 2.84. The molecule has 122 valence electrons. The zero-order chi connectivity index (χ0) is 16.5. The van der Waals surface area contributed by atoms with E-state index >= 15 is 0 Å². The lowest BCUT2D eigenvalue weighted by atomic mass is 9.98. The molecule has 0 fully saturated rings. The highest BCUT2D eigenvalue weighted by Crippen LogP contribution is 2.33. The summed E-state index contributed by atoms with van der Waals surface area (Å²) in [6, 6.07) is 0. The molecule has 0 saturated carbocycles. The second-order valence-corrected chi connectivity index (χ2v) is 5.24. The summed E-state index contributed by atoms with van der Waals surface area (Å²) in [5, 5.41) is 9.30. The molecule has 22 heavy (non-hydrogen) atoms. The van der Waals surface area contributed by atoms with E-state index in [1.165, 1.54) is 6.33 Å². The predicted octanol–water partition coefficient (Wildman–Crippen LogP) is 0.896. The Morgan fingerprint density at radius 1 is 1.32 bits per heavy atom. The highest BCUT2D eigenvalue weighted by Gasteiger charge is 2.48. The van der Waals surface area contributed by atoms with Gasteiger partial charge in [-0.05, 0) is 26.2 Å². The highest BCUT2D eigenvalue weighted by atomic mass is 19.4. The molecule has 2 heterocycles. The maximum absolute atomic E-state index is 12.5. The number of imidazole rings is 1. The monoisotopic (exact) mass is 320 g/mol. The molecule has 10 heteroatoms. The first-order chi connectivity index (χ1) is 10.1. The Balaban J connectivity index is 2.04. The molecule has 2 aromatic rings. The van der Waals surface area contributed by atoms with Crippen molar-refractivity contribution in [2.24, 2.45) is 0 Å². The molecule has 0 bridgehead atoms. The second-order valence-electron chi connectivity index (χ2n) is 5.24. The molecule has 7 nitrogen and oxygen atoms in total. The summed E-state index contributed by atoms with van der Waals surface area (Å²) in [4.78, 5) is 32.5. The first-order valence-corrected chi connectivity index (χ1v) is 6.59. The van der Waals surface area contributed by atoms with Crippen LogP contribution in [0.5, 0.6) is 0 Å². The molecule has 0 aliphatic heterocycles. The molecule has 0 amide bonds. The number of halogens is 3. The molecule has 1 unspecified atom stereocenters. The van der Waals surface area contributed by atoms with E-state index in [1.54, 1.807) is 0 Å². The summed E-state index contributed by atoms with van der Waals surface area (Å²) < 4.78 is 38.3. The number of alkyl halides is 3. The molecular formula is C12H15F3N4O3. The third kappa shape index (κ3) is 3.06. The van der Waals surface area contributed by atoms with Crippen LogP contribution < -0.4 is 11.2 Å². The van der Waals surface area contributed by atoms with Crippen molar-refractivity contribution in [1.82, 2.24) is 19.5 Å². The first-order valence-electron chi connectivity index (χ1n) is 6.59. The highest BCUT2D eigenvalue weighted by molar-refractivity contribution is 5.67. The fourth-order valence-electron chi connectivity index (χ4n) is 2.03. The van der Waals surface area contributed by atoms with E-state index in [4.69, 9.17) is 0 Å². The average molecular weight is 320 g/mol. The van der Waals surface area contributed by atoms with Crippen LogP contribution in [0.25, 0.3) is 11.2 Å². The zero-order valence-corrected chi connectivity index (χ0v) is 11.7. The number of rotatable bonds is 5. The number of aliphatic hydroxyl groups is 1. The molecular weight excluding hydrogens is 305 g/mol. The quantitative estimate of drug-likeness (QED) is 0.712. The normalized spacial score (nSPS) is 15.1. The van der Waals surface area contributed by atoms with Gasteiger partial charge in [-0.1, -0.05) is 0 Å². The molecule has 0 spiro atoms. The van der Waals surface area contributed by atoms with Gasteiger partial charge in [0.2, 0.25) is 0 Å². The van der Waals surface area contributed by atoms with Gasteiger partial charge in [0.05, 0.1) is 6.33 Å². The van der Waals surface area contributed by atoms with Gasteiger partial charge in [-0.25, -0.2) is 9.78 Å². The van der Waals surface area contributed by atoms with E-state index in [0.29, 0.717) is 6.92 Å². The summed E-state index contributed by atoms with van der Waals surface area (Å²) in [5.74, 6) is 0. The molecule has 2 aromatic heterocycles. The summed E-state index contributed by atoms with van der Waals surface area (Å²) in [6.07, 6.45) is -3.80. The van der Waals surface area contributed by atoms with Crippen molar-refractivity contribution in [2.75, 3.05) is 0 Å². The van der Waals surface area contributed by atoms with Crippen LogP contribution in [0.2, 0.25) is 0 Å². The van der Waals surface area contributed by atoms with E-state index in [0.717, 1.165) is 4.57 Å². The fourth-order valence-corrected chi connectivity index (χ4v) is 2.03. The Bertz CT molecular complexity index is 772. The maximum Gasteiger partial charge on any atom is 0.416 e. The van der Waals surface area contributed by atoms with Gasteiger partial charge in [-0.15, -0.1) is 0 Å². The summed E-state index contributed by atoms with van der Waals surface area (Å²) in [5.41, 5.74) is -3.78. The third-order valence-electron chi connectivity index (χ3n) is 3.47. The Labute approximate surface area is 121 Å². The minimum atomic E-state index is -4.71. The Morgan fingerprint density at radius 2 is 2.00 bits per heavy atom. The van der Waals surface area contributed by atoms with Crippen LogP contribution in [0.1, 0.15) is 26.2 Å². The number of fused-ring (bicyclic) bond motifs is 1. The summed E-state index contributed by atoms with van der Waals surface area (Å²) >= 11 is 0. The van der Waals surface area contributed by atoms with Crippen molar-refractivity contribution in [3.8, 4) is 0 Å². The van der Waals surface area contributed by atoms with E-state index in [9.17, 15) is 27.9 Å². The van der Waals surface area contributed by atoms with Crippen molar-refractivity contribution in [3.63, 3.8) is 0 Å². The Morgan fingerprint density at radius 3 is 2.64 bits per heavy atom. The number of hydrogen-bond donors (Lipinski definition) is 3. The minimum absolute atomic E-state index is 0.0133. The Hall–Kier alpha value is -2.10. The van der Waals surface area contributed by atoms with Gasteiger partial charge in [0.1, 0.15) is 5.52 Å². The van der Waals surface area contributed by atoms with Crippen LogP contribution in [-0.4, -0.2) is 36.4 Å². The molecule has 2 rings (SSSR count). The van der Waals surface area contributed by atoms with Gasteiger partial charge < -0.3 is 10.1 Å². The summed E-state index contributed by atoms with van der Waals surface area (Å²) in [6.45, 7) is 0.652. The van der Waals surface area contributed by atoms with Gasteiger partial charge >= 0.3 is 11.9 Å². The van der Waals surface area contributed by atoms with E-state index < -0.39 is 29.4 Å². The van der Waals surface area contributed by atoms with Crippen LogP contribution in [0.15, 0.2) is 15.9 Å². The minimum Gasteiger partial charge on any atom is -0.381 e. The number of unbranched alkanes of at least 4 members (excludes halogenated alkanes) is 1. The lowest BCUT2D eigenvalue weighted by Gasteiger charge is -2.26. The lowest BCUT2D eigenvalue weighted by Crippen LogP contribution is -2.42. The largest absolute Gasteiger partial charge is 0.416 e. The van der Waals surface area contributed by atoms with Crippen LogP contribution in [0.4, 0.5) is 13.2 Å². The number of hydrogen-bond acceptors (Lipinski definition) is 4. The van der Waals surface area contributed by atoms with E-state index in [1.807, 2.05) is 0 Å². The zero-order valence-electron chi connectivity index (χ0n) is 11.7. The van der Waals surface area contributed by atoms with Crippen LogP contribution in [-0.2, 0) is 6.54 Å². The van der Waals surface area contributed by atoms with Gasteiger partial charge in [0.15, 0.2) is 11.2 Å². The van der Waals surface area contributed by atoms with Gasteiger partial charge in [-0.3, -0.25) is 14.3 Å². The number of nitrogens with zero attached hydrogens (tertiary/aromatic N) is 2. The van der Waals surface area contributed by atoms with Gasteiger partial charge in [-0.2, -0.15) is 13.2 Å². The van der Waals surface area contributed by atoms with E-state index in [-0.39, 0.29) is 30.6 Å². The lowest BCUT2D eigenvalue weighted by molar-refractivity contribution is -0.255. The number of aromatic amines is 2. The molecule has 0 saturated heterocycles. The third-order valence-corrected chi connectivity index (χ3v) is 3.47. The number of aromatic nitrogens is 4. The topological polar surface area (TPSA) is 104 Å². The van der Waals surface area contributed by atoms with Crippen molar-refractivity contribution < 1.29 is 18.3 Å². The smallest absolute Gasteiger partial charge is 0.381 e. The molecule has 3 N–H and O–H groups in total. The van der Waals surface area contributed by atoms with Gasteiger partial charge in [0, 0.05) is 6.54 Å². The fraction of sp³-hybridized carbons (Fsp3) is 0.583. The van der Waals surface area contributed by atoms with Crippen LogP contribution in [0, 0.1) is 0 Å².